The number of hydrogen-bond acceptors (Lipinski definition) is 5. The summed E-state index contributed by atoms with van der Waals surface area (Å²) in [6, 6.07) is 5.41. The normalized spacial score (nSPS) is 10.5. The Morgan fingerprint density at radius 2 is 1.76 bits per heavy atom. The Morgan fingerprint density at radius 3 is 2.36 bits per heavy atom. The minimum atomic E-state index is 0.184. The number of nitrogen functional groups attached to an aromatic ring is 1. The highest BCUT2D eigenvalue weighted by Gasteiger charge is 2.21. The average Bonchev–Trinajstić information content (AvgIpc) is 2.85. The quantitative estimate of drug-likeness (QED) is 0.622. The molecule has 25 heavy (non-hydrogen) atoms. The number of benzene rings is 1. The van der Waals surface area contributed by atoms with Crippen molar-refractivity contribution in [3.05, 3.63) is 46.1 Å². The van der Waals surface area contributed by atoms with Crippen LogP contribution in [0.5, 0.6) is 5.75 Å². The van der Waals surface area contributed by atoms with Gasteiger partial charge in [-0.15, -0.1) is 0 Å². The fraction of sp³-hybridized carbons (Fsp3) is 0.263. The predicted octanol–water partition coefficient (Wildman–Crippen LogP) is 2.93. The van der Waals surface area contributed by atoms with Crippen molar-refractivity contribution in [3.8, 4) is 11.4 Å². The number of aromatic nitrogens is 2. The van der Waals surface area contributed by atoms with E-state index in [2.05, 4.69) is 10.7 Å². The number of phenolic OH excluding ortho intramolecular Hbond substituents is 1. The number of rotatable bonds is 2. The molecule has 2 heterocycles. The van der Waals surface area contributed by atoms with Crippen LogP contribution in [0.4, 0.5) is 5.82 Å². The minimum absolute atomic E-state index is 0.184. The van der Waals surface area contributed by atoms with Crippen LogP contribution in [0.15, 0.2) is 18.2 Å². The van der Waals surface area contributed by atoms with Gasteiger partial charge in [-0.25, -0.2) is 4.98 Å². The smallest absolute Gasteiger partial charge is 0.154 e. The number of anilines is 1. The number of fused-ring (bicyclic) bond motifs is 1. The molecule has 132 valence electrons. The molecule has 0 unspecified atom stereocenters. The summed E-state index contributed by atoms with van der Waals surface area (Å²) in [4.78, 5) is 16.2. The van der Waals surface area contributed by atoms with E-state index < -0.39 is 0 Å². The van der Waals surface area contributed by atoms with Crippen molar-refractivity contribution in [2.75, 3.05) is 12.8 Å². The van der Waals surface area contributed by atoms with Crippen LogP contribution in [-0.2, 0) is 0 Å². The Labute approximate surface area is 147 Å². The predicted molar refractivity (Wildman–Crippen MR) is 102 cm³/mol. The maximum absolute atomic E-state index is 11.5. The first kappa shape index (κ1) is 18.5. The van der Waals surface area contributed by atoms with Crippen molar-refractivity contribution in [1.29, 1.82) is 0 Å². The van der Waals surface area contributed by atoms with Gasteiger partial charge in [0.25, 0.3) is 0 Å². The number of carbonyl (C=O) groups excluding carboxylic acids is 1. The molecule has 0 spiro atoms. The second kappa shape index (κ2) is 6.94. The summed E-state index contributed by atoms with van der Waals surface area (Å²) in [5.74, 6) is 0.521. The number of carbonyl (C=O) groups is 1. The first-order chi connectivity index (χ1) is 11.9. The van der Waals surface area contributed by atoms with Gasteiger partial charge in [0.1, 0.15) is 17.2 Å². The molecule has 0 atom stereocenters. The molecule has 0 saturated carbocycles. The Kier molecular flexibility index (Phi) is 5.13. The summed E-state index contributed by atoms with van der Waals surface area (Å²) < 4.78 is 1.76. The second-order valence-electron chi connectivity index (χ2n) is 5.89. The van der Waals surface area contributed by atoms with Gasteiger partial charge in [0, 0.05) is 16.6 Å². The first-order valence-corrected chi connectivity index (χ1v) is 7.97. The summed E-state index contributed by atoms with van der Waals surface area (Å²) in [7, 11) is 1.50. The number of nitrogens with zero attached hydrogens (tertiary/aromatic N) is 2. The van der Waals surface area contributed by atoms with Gasteiger partial charge in [0.05, 0.1) is 11.3 Å². The van der Waals surface area contributed by atoms with Gasteiger partial charge >= 0.3 is 0 Å². The van der Waals surface area contributed by atoms with Gasteiger partial charge in [-0.3, -0.25) is 9.36 Å². The molecule has 3 aromatic rings. The van der Waals surface area contributed by atoms with E-state index in [4.69, 9.17) is 5.73 Å². The van der Waals surface area contributed by atoms with Crippen LogP contribution in [0.3, 0.4) is 0 Å². The summed E-state index contributed by atoms with van der Waals surface area (Å²) in [5, 5.41) is 10.8. The minimum Gasteiger partial charge on any atom is -0.508 e. The number of nitrogens with two attached hydrogens (primary N) is 2. The zero-order valence-corrected chi connectivity index (χ0v) is 15.2. The molecule has 6 heteroatoms. The van der Waals surface area contributed by atoms with Crippen molar-refractivity contribution >= 4 is 23.1 Å². The van der Waals surface area contributed by atoms with E-state index in [9.17, 15) is 9.90 Å². The van der Waals surface area contributed by atoms with E-state index in [1.54, 1.807) is 10.6 Å². The largest absolute Gasteiger partial charge is 0.508 e. The van der Waals surface area contributed by atoms with Crippen LogP contribution in [0.1, 0.15) is 32.7 Å². The summed E-state index contributed by atoms with van der Waals surface area (Å²) in [5.41, 5.74) is 16.1. The number of pyridine rings is 1. The highest BCUT2D eigenvalue weighted by Crippen LogP contribution is 2.35. The molecule has 0 saturated heterocycles. The van der Waals surface area contributed by atoms with Crippen LogP contribution < -0.4 is 11.5 Å². The average molecular weight is 340 g/mol. The van der Waals surface area contributed by atoms with E-state index in [1.165, 1.54) is 7.05 Å². The van der Waals surface area contributed by atoms with E-state index in [0.29, 0.717) is 22.6 Å². The van der Waals surface area contributed by atoms with E-state index in [1.807, 2.05) is 39.8 Å². The van der Waals surface area contributed by atoms with Crippen molar-refractivity contribution in [1.82, 2.24) is 9.55 Å². The summed E-state index contributed by atoms with van der Waals surface area (Å²) >= 11 is 0. The topological polar surface area (TPSA) is 107 Å². The zero-order chi connectivity index (χ0) is 18.9. The van der Waals surface area contributed by atoms with Crippen molar-refractivity contribution in [3.63, 3.8) is 0 Å². The van der Waals surface area contributed by atoms with E-state index in [0.717, 1.165) is 34.2 Å². The summed E-state index contributed by atoms with van der Waals surface area (Å²) in [6.07, 6.45) is 0.762. The SMILES string of the molecule is CN.Cc1cc2c(C=O)c(N)n(-c3c(C)ccc(O)c3C)c2nc1C. The lowest BCUT2D eigenvalue weighted by atomic mass is 10.1. The zero-order valence-electron chi connectivity index (χ0n) is 15.2. The number of hydrogen-bond donors (Lipinski definition) is 3. The van der Waals surface area contributed by atoms with Crippen LogP contribution in [0.25, 0.3) is 16.7 Å². The van der Waals surface area contributed by atoms with Crippen LogP contribution >= 0.6 is 0 Å². The van der Waals surface area contributed by atoms with Crippen LogP contribution in [-0.4, -0.2) is 28.0 Å². The van der Waals surface area contributed by atoms with Crippen molar-refractivity contribution in [2.45, 2.75) is 27.7 Å². The summed E-state index contributed by atoms with van der Waals surface area (Å²) in [6.45, 7) is 7.64. The standard InChI is InChI=1S/C18H19N3O2.CH5N/c1-9-5-6-15(23)11(3)16(9)21-17(19)14(8-22)13-7-10(2)12(4)20-18(13)21;1-2/h5-8,23H,19H2,1-4H3;2H2,1H3. The molecular formula is C19H24N4O2. The van der Waals surface area contributed by atoms with Crippen molar-refractivity contribution < 1.29 is 9.90 Å². The molecule has 0 aliphatic heterocycles. The third-order valence-electron chi connectivity index (χ3n) is 4.41. The molecule has 3 rings (SSSR count). The molecule has 0 amide bonds. The molecule has 1 aromatic carbocycles. The van der Waals surface area contributed by atoms with Gasteiger partial charge < -0.3 is 16.6 Å². The molecule has 0 bridgehead atoms. The van der Waals surface area contributed by atoms with Gasteiger partial charge in [-0.05, 0) is 58.0 Å². The fourth-order valence-corrected chi connectivity index (χ4v) is 2.95. The fourth-order valence-electron chi connectivity index (χ4n) is 2.95. The first-order valence-electron chi connectivity index (χ1n) is 7.97. The van der Waals surface area contributed by atoms with Gasteiger partial charge in [-0.1, -0.05) is 6.07 Å². The third kappa shape index (κ3) is 2.85. The number of aryl methyl sites for hydroxylation is 3. The highest BCUT2D eigenvalue weighted by atomic mass is 16.3. The molecule has 6 nitrogen and oxygen atoms in total. The van der Waals surface area contributed by atoms with Gasteiger partial charge in [-0.2, -0.15) is 0 Å². The highest BCUT2D eigenvalue weighted by molar-refractivity contribution is 6.03. The molecule has 0 aliphatic carbocycles. The molecule has 5 N–H and O–H groups in total. The number of aldehydes is 1. The maximum atomic E-state index is 11.5. The lowest BCUT2D eigenvalue weighted by Crippen LogP contribution is -2.06. The number of phenols is 1. The molecule has 2 aromatic heterocycles. The van der Waals surface area contributed by atoms with Gasteiger partial charge in [0.2, 0.25) is 0 Å². The van der Waals surface area contributed by atoms with Crippen LogP contribution in [0, 0.1) is 27.7 Å². The maximum Gasteiger partial charge on any atom is 0.154 e. The second-order valence-corrected chi connectivity index (χ2v) is 5.89. The molecule has 0 fully saturated rings. The van der Waals surface area contributed by atoms with Crippen LogP contribution in [0.2, 0.25) is 0 Å². The van der Waals surface area contributed by atoms with E-state index >= 15 is 0 Å². The lowest BCUT2D eigenvalue weighted by molar-refractivity contribution is 0.112. The van der Waals surface area contributed by atoms with Gasteiger partial charge in [0.15, 0.2) is 6.29 Å². The third-order valence-corrected chi connectivity index (χ3v) is 4.41. The number of aromatic hydroxyl groups is 1. The Hall–Kier alpha value is -2.86. The lowest BCUT2D eigenvalue weighted by Gasteiger charge is -2.15. The molecule has 0 radical (unpaired) electrons. The Bertz CT molecular complexity index is 958. The monoisotopic (exact) mass is 340 g/mol. The molecule has 0 aliphatic rings. The molecular weight excluding hydrogens is 316 g/mol. The Morgan fingerprint density at radius 1 is 1.12 bits per heavy atom. The van der Waals surface area contributed by atoms with Crippen molar-refractivity contribution in [2.24, 2.45) is 5.73 Å². The van der Waals surface area contributed by atoms with E-state index in [-0.39, 0.29) is 5.75 Å². The Balaban J connectivity index is 0.00000109.